The highest BCUT2D eigenvalue weighted by atomic mass is 79.9. The van der Waals surface area contributed by atoms with E-state index in [1.165, 1.54) is 6.33 Å². The first-order valence-corrected chi connectivity index (χ1v) is 6.26. The van der Waals surface area contributed by atoms with Crippen molar-refractivity contribution in [1.29, 1.82) is 0 Å². The number of aromatic nitrogens is 3. The van der Waals surface area contributed by atoms with Crippen LogP contribution in [-0.4, -0.2) is 27.5 Å². The highest BCUT2D eigenvalue weighted by molar-refractivity contribution is 9.10. The van der Waals surface area contributed by atoms with Gasteiger partial charge in [-0.3, -0.25) is 4.98 Å². The number of esters is 1. The molecule has 2 heterocycles. The van der Waals surface area contributed by atoms with E-state index in [0.717, 1.165) is 10.2 Å². The van der Waals surface area contributed by atoms with Gasteiger partial charge in [0.15, 0.2) is 5.69 Å². The second-order valence-corrected chi connectivity index (χ2v) is 4.46. The van der Waals surface area contributed by atoms with Crippen molar-refractivity contribution in [3.8, 4) is 11.4 Å². The number of H-pyrrole nitrogens is 1. The van der Waals surface area contributed by atoms with Gasteiger partial charge in [-0.05, 0) is 41.9 Å². The molecule has 94 valence electrons. The van der Waals surface area contributed by atoms with Crippen molar-refractivity contribution in [3.05, 3.63) is 34.3 Å². The van der Waals surface area contributed by atoms with Gasteiger partial charge in [0.25, 0.3) is 0 Å². The molecule has 0 aliphatic carbocycles. The summed E-state index contributed by atoms with van der Waals surface area (Å²) in [6.07, 6.45) is 1.46. The molecule has 0 aliphatic rings. The molecule has 18 heavy (non-hydrogen) atoms. The number of nitrogens with zero attached hydrogens (tertiary/aromatic N) is 2. The molecule has 6 heteroatoms. The molecule has 0 spiro atoms. The highest BCUT2D eigenvalue weighted by Gasteiger charge is 2.18. The van der Waals surface area contributed by atoms with Gasteiger partial charge in [0, 0.05) is 4.47 Å². The quantitative estimate of drug-likeness (QED) is 0.885. The summed E-state index contributed by atoms with van der Waals surface area (Å²) in [6, 6.07) is 3.68. The molecule has 1 N–H and O–H groups in total. The zero-order chi connectivity index (χ0) is 13.1. The van der Waals surface area contributed by atoms with Gasteiger partial charge >= 0.3 is 5.97 Å². The highest BCUT2D eigenvalue weighted by Crippen LogP contribution is 2.22. The van der Waals surface area contributed by atoms with Crippen LogP contribution in [0.25, 0.3) is 11.4 Å². The van der Waals surface area contributed by atoms with Gasteiger partial charge in [0.2, 0.25) is 0 Å². The molecular formula is C12H12BrN3O2. The van der Waals surface area contributed by atoms with Crippen LogP contribution in [0.4, 0.5) is 0 Å². The largest absolute Gasteiger partial charge is 0.461 e. The van der Waals surface area contributed by atoms with Gasteiger partial charge in [-0.25, -0.2) is 9.78 Å². The number of ether oxygens (including phenoxy) is 1. The minimum Gasteiger partial charge on any atom is -0.461 e. The number of imidazole rings is 1. The molecule has 0 saturated carbocycles. The van der Waals surface area contributed by atoms with Crippen molar-refractivity contribution in [2.75, 3.05) is 6.61 Å². The van der Waals surface area contributed by atoms with Crippen molar-refractivity contribution in [3.63, 3.8) is 0 Å². The molecule has 2 rings (SSSR count). The predicted octanol–water partition coefficient (Wildman–Crippen LogP) is 2.72. The Kier molecular flexibility index (Phi) is 3.76. The molecule has 5 nitrogen and oxygen atoms in total. The lowest BCUT2D eigenvalue weighted by molar-refractivity contribution is 0.0521. The Morgan fingerprint density at radius 2 is 2.28 bits per heavy atom. The van der Waals surface area contributed by atoms with Crippen molar-refractivity contribution in [2.45, 2.75) is 13.8 Å². The Morgan fingerprint density at radius 1 is 1.50 bits per heavy atom. The van der Waals surface area contributed by atoms with Crippen molar-refractivity contribution < 1.29 is 9.53 Å². The molecule has 0 aromatic carbocycles. The van der Waals surface area contributed by atoms with Crippen LogP contribution in [0.5, 0.6) is 0 Å². The van der Waals surface area contributed by atoms with E-state index in [4.69, 9.17) is 4.74 Å². The van der Waals surface area contributed by atoms with Crippen LogP contribution < -0.4 is 0 Å². The number of carbonyl (C=O) groups is 1. The third-order valence-electron chi connectivity index (χ3n) is 2.38. The van der Waals surface area contributed by atoms with Crippen molar-refractivity contribution in [1.82, 2.24) is 15.0 Å². The molecule has 2 aromatic rings. The van der Waals surface area contributed by atoms with E-state index in [1.54, 1.807) is 13.0 Å². The lowest BCUT2D eigenvalue weighted by atomic mass is 10.2. The summed E-state index contributed by atoms with van der Waals surface area (Å²) >= 11 is 3.38. The average Bonchev–Trinajstić information content (AvgIpc) is 2.82. The summed E-state index contributed by atoms with van der Waals surface area (Å²) in [6.45, 7) is 3.96. The van der Waals surface area contributed by atoms with E-state index < -0.39 is 5.97 Å². The summed E-state index contributed by atoms with van der Waals surface area (Å²) in [5, 5.41) is 0. The fourth-order valence-corrected chi connectivity index (χ4v) is 1.74. The second-order valence-electron chi connectivity index (χ2n) is 3.61. The van der Waals surface area contributed by atoms with Gasteiger partial charge in [-0.15, -0.1) is 0 Å². The molecule has 0 radical (unpaired) electrons. The Hall–Kier alpha value is -1.69. The molecule has 0 bridgehead atoms. The Labute approximate surface area is 113 Å². The standard InChI is InChI=1S/C12H12BrN3O2/c1-3-18-12(17)11-10(14-6-15-11)9-5-4-8(13)7(2)16-9/h4-6H,3H2,1-2H3,(H,14,15). The van der Waals surface area contributed by atoms with Gasteiger partial charge in [0.05, 0.1) is 24.3 Å². The Morgan fingerprint density at radius 3 is 2.94 bits per heavy atom. The van der Waals surface area contributed by atoms with Crippen LogP contribution in [0.3, 0.4) is 0 Å². The van der Waals surface area contributed by atoms with Gasteiger partial charge in [-0.1, -0.05) is 0 Å². The fraction of sp³-hybridized carbons (Fsp3) is 0.250. The van der Waals surface area contributed by atoms with Crippen molar-refractivity contribution >= 4 is 21.9 Å². The Balaban J connectivity index is 2.42. The zero-order valence-corrected chi connectivity index (χ0v) is 11.6. The summed E-state index contributed by atoms with van der Waals surface area (Å²) in [7, 11) is 0. The molecule has 0 unspecified atom stereocenters. The number of aryl methyl sites for hydroxylation is 1. The molecule has 0 saturated heterocycles. The predicted molar refractivity (Wildman–Crippen MR) is 70.2 cm³/mol. The van der Waals surface area contributed by atoms with Gasteiger partial charge in [-0.2, -0.15) is 0 Å². The van der Waals surface area contributed by atoms with Gasteiger partial charge in [0.1, 0.15) is 5.69 Å². The summed E-state index contributed by atoms with van der Waals surface area (Å²) in [4.78, 5) is 23.0. The minimum absolute atomic E-state index is 0.323. The molecular weight excluding hydrogens is 298 g/mol. The first kappa shape index (κ1) is 12.8. The Bertz CT molecular complexity index is 580. The van der Waals surface area contributed by atoms with Gasteiger partial charge < -0.3 is 9.72 Å². The molecule has 0 fully saturated rings. The number of hydrogen-bond acceptors (Lipinski definition) is 4. The van der Waals surface area contributed by atoms with Crippen LogP contribution in [0.1, 0.15) is 23.1 Å². The molecule has 0 atom stereocenters. The first-order valence-electron chi connectivity index (χ1n) is 5.47. The maximum Gasteiger partial charge on any atom is 0.357 e. The lowest BCUT2D eigenvalue weighted by Gasteiger charge is -2.04. The maximum absolute atomic E-state index is 11.7. The number of halogens is 1. The number of hydrogen-bond donors (Lipinski definition) is 1. The van der Waals surface area contributed by atoms with Crippen LogP contribution >= 0.6 is 15.9 Å². The average molecular weight is 310 g/mol. The van der Waals surface area contributed by atoms with Crippen molar-refractivity contribution in [2.24, 2.45) is 0 Å². The maximum atomic E-state index is 11.7. The third-order valence-corrected chi connectivity index (χ3v) is 3.22. The third kappa shape index (κ3) is 2.43. The van der Waals surface area contributed by atoms with E-state index in [2.05, 4.69) is 30.9 Å². The number of rotatable bonds is 3. The summed E-state index contributed by atoms with van der Waals surface area (Å²) in [5.74, 6) is -0.424. The molecule has 2 aromatic heterocycles. The van der Waals surface area contributed by atoms with Crippen LogP contribution in [0, 0.1) is 6.92 Å². The monoisotopic (exact) mass is 309 g/mol. The van der Waals surface area contributed by atoms with E-state index in [1.807, 2.05) is 13.0 Å². The number of aromatic amines is 1. The first-order chi connectivity index (χ1) is 8.63. The van der Waals surface area contributed by atoms with E-state index >= 15 is 0 Å². The normalized spacial score (nSPS) is 10.4. The topological polar surface area (TPSA) is 67.9 Å². The zero-order valence-electron chi connectivity index (χ0n) is 10.0. The summed E-state index contributed by atoms with van der Waals surface area (Å²) < 4.78 is 5.87. The van der Waals surface area contributed by atoms with E-state index in [-0.39, 0.29) is 0 Å². The van der Waals surface area contributed by atoms with Crippen LogP contribution in [-0.2, 0) is 4.74 Å². The van der Waals surface area contributed by atoms with E-state index in [9.17, 15) is 4.79 Å². The number of carbonyl (C=O) groups excluding carboxylic acids is 1. The molecule has 0 aliphatic heterocycles. The fourth-order valence-electron chi connectivity index (χ4n) is 1.52. The smallest absolute Gasteiger partial charge is 0.357 e. The number of nitrogens with one attached hydrogen (secondary N) is 1. The van der Waals surface area contributed by atoms with Crippen LogP contribution in [0.15, 0.2) is 22.9 Å². The molecule has 0 amide bonds. The minimum atomic E-state index is -0.424. The summed E-state index contributed by atoms with van der Waals surface area (Å²) in [5.41, 5.74) is 2.31. The number of pyridine rings is 1. The lowest BCUT2D eigenvalue weighted by Crippen LogP contribution is -2.07. The second kappa shape index (κ2) is 5.30. The van der Waals surface area contributed by atoms with Crippen LogP contribution in [0.2, 0.25) is 0 Å². The SMILES string of the molecule is CCOC(=O)c1[nH]cnc1-c1ccc(Br)c(C)n1. The van der Waals surface area contributed by atoms with E-state index in [0.29, 0.717) is 23.7 Å².